The van der Waals surface area contributed by atoms with E-state index in [1.165, 1.54) is 4.90 Å². The van der Waals surface area contributed by atoms with Crippen LogP contribution in [0.4, 0.5) is 10.5 Å². The summed E-state index contributed by atoms with van der Waals surface area (Å²) in [5.74, 6) is -0.959. The lowest BCUT2D eigenvalue weighted by atomic mass is 10.0. The molecule has 3 N–H and O–H groups in total. The van der Waals surface area contributed by atoms with Crippen molar-refractivity contribution in [3.05, 3.63) is 29.3 Å². The minimum Gasteiger partial charge on any atom is -0.444 e. The molecular weight excluding hydrogens is 376 g/mol. The summed E-state index contributed by atoms with van der Waals surface area (Å²) >= 11 is 0. The highest BCUT2D eigenvalue weighted by molar-refractivity contribution is 6.06. The van der Waals surface area contributed by atoms with Crippen LogP contribution in [0.25, 0.3) is 0 Å². The van der Waals surface area contributed by atoms with Gasteiger partial charge in [-0.1, -0.05) is 6.07 Å². The third kappa shape index (κ3) is 4.85. The van der Waals surface area contributed by atoms with Crippen LogP contribution in [0, 0.1) is 0 Å². The van der Waals surface area contributed by atoms with Crippen LogP contribution < -0.4 is 16.0 Å². The third-order valence-corrected chi connectivity index (χ3v) is 4.69. The van der Waals surface area contributed by atoms with Crippen molar-refractivity contribution >= 4 is 29.5 Å². The lowest BCUT2D eigenvalue weighted by Gasteiger charge is -2.29. The Morgan fingerprint density at radius 1 is 1.24 bits per heavy atom. The molecule has 1 aromatic rings. The van der Waals surface area contributed by atoms with Crippen LogP contribution in [0.15, 0.2) is 18.2 Å². The molecule has 0 saturated carbocycles. The quantitative estimate of drug-likeness (QED) is 0.506. The first-order valence-corrected chi connectivity index (χ1v) is 9.63. The average molecular weight is 402 g/mol. The van der Waals surface area contributed by atoms with Crippen LogP contribution in [0.1, 0.15) is 49.5 Å². The number of carbonyl (C=O) groups is 4. The molecule has 1 fully saturated rings. The van der Waals surface area contributed by atoms with Gasteiger partial charge in [0.25, 0.3) is 5.91 Å². The highest BCUT2D eigenvalue weighted by Crippen LogP contribution is 2.32. The molecule has 1 saturated heterocycles. The fourth-order valence-corrected chi connectivity index (χ4v) is 3.43. The van der Waals surface area contributed by atoms with Gasteiger partial charge in [0.05, 0.1) is 0 Å². The van der Waals surface area contributed by atoms with Gasteiger partial charge in [0, 0.05) is 42.9 Å². The third-order valence-electron chi connectivity index (χ3n) is 4.69. The Balaban J connectivity index is 1.60. The van der Waals surface area contributed by atoms with E-state index in [1.807, 2.05) is 6.07 Å². The Morgan fingerprint density at radius 3 is 2.69 bits per heavy atom. The maximum Gasteiger partial charge on any atom is 0.407 e. The Kier molecular flexibility index (Phi) is 5.76. The number of alkyl carbamates (subject to hydrolysis) is 1. The standard InChI is InChI=1S/C20H26N4O5/c1-20(2,3)29-19(28)22-10-9-21-14-6-4-5-12-13(14)11-24(18(12)27)15-7-8-16(25)23-17(15)26/h4-6,15,21H,7-11H2,1-3H3,(H,22,28)(H,23,25,26). The lowest BCUT2D eigenvalue weighted by molar-refractivity contribution is -0.136. The zero-order valence-electron chi connectivity index (χ0n) is 16.8. The summed E-state index contributed by atoms with van der Waals surface area (Å²) in [6.07, 6.45) is 0.0575. The molecular formula is C20H26N4O5. The molecule has 0 bridgehead atoms. The van der Waals surface area contributed by atoms with Crippen LogP contribution >= 0.6 is 0 Å². The van der Waals surface area contributed by atoms with Gasteiger partial charge >= 0.3 is 6.09 Å². The molecule has 1 unspecified atom stereocenters. The number of ether oxygens (including phenoxy) is 1. The predicted octanol–water partition coefficient (Wildman–Crippen LogP) is 1.38. The van der Waals surface area contributed by atoms with E-state index in [4.69, 9.17) is 4.74 Å². The van der Waals surface area contributed by atoms with Gasteiger partial charge in [-0.15, -0.1) is 0 Å². The Bertz CT molecular complexity index is 846. The molecule has 3 rings (SSSR count). The van der Waals surface area contributed by atoms with Gasteiger partial charge in [0.1, 0.15) is 11.6 Å². The monoisotopic (exact) mass is 402 g/mol. The molecule has 1 atom stereocenters. The molecule has 0 aliphatic carbocycles. The minimum absolute atomic E-state index is 0.218. The first-order chi connectivity index (χ1) is 13.7. The van der Waals surface area contributed by atoms with Crippen LogP contribution in [-0.2, 0) is 20.9 Å². The number of nitrogens with zero attached hydrogens (tertiary/aromatic N) is 1. The summed E-state index contributed by atoms with van der Waals surface area (Å²) in [5.41, 5.74) is 1.56. The van der Waals surface area contributed by atoms with Gasteiger partial charge in [0.2, 0.25) is 11.8 Å². The molecule has 2 aliphatic heterocycles. The second-order valence-corrected chi connectivity index (χ2v) is 8.09. The summed E-state index contributed by atoms with van der Waals surface area (Å²) < 4.78 is 5.19. The van der Waals surface area contributed by atoms with Crippen molar-refractivity contribution in [3.63, 3.8) is 0 Å². The van der Waals surface area contributed by atoms with Crippen LogP contribution in [0.5, 0.6) is 0 Å². The van der Waals surface area contributed by atoms with Crippen LogP contribution in [0.2, 0.25) is 0 Å². The lowest BCUT2D eigenvalue weighted by Crippen LogP contribution is -2.52. The summed E-state index contributed by atoms with van der Waals surface area (Å²) in [6.45, 7) is 6.48. The number of hydrogen-bond donors (Lipinski definition) is 3. The number of benzene rings is 1. The van der Waals surface area contributed by atoms with Crippen molar-refractivity contribution < 1.29 is 23.9 Å². The Morgan fingerprint density at radius 2 is 2.00 bits per heavy atom. The summed E-state index contributed by atoms with van der Waals surface area (Å²) in [5, 5.41) is 8.19. The molecule has 0 aromatic heterocycles. The second kappa shape index (κ2) is 8.10. The number of fused-ring (bicyclic) bond motifs is 1. The SMILES string of the molecule is CC(C)(C)OC(=O)NCCNc1cccc2c1CN(C1CCC(=O)NC1=O)C2=O. The van der Waals surface area contributed by atoms with Crippen LogP contribution in [0.3, 0.4) is 0 Å². The molecule has 29 heavy (non-hydrogen) atoms. The number of nitrogens with one attached hydrogen (secondary N) is 3. The first-order valence-electron chi connectivity index (χ1n) is 9.63. The van der Waals surface area contributed by atoms with Crippen molar-refractivity contribution in [1.82, 2.24) is 15.5 Å². The number of imide groups is 1. The van der Waals surface area contributed by atoms with Gasteiger partial charge in [-0.3, -0.25) is 19.7 Å². The largest absolute Gasteiger partial charge is 0.444 e. The smallest absolute Gasteiger partial charge is 0.407 e. The van der Waals surface area contributed by atoms with E-state index in [-0.39, 0.29) is 18.2 Å². The first kappa shape index (κ1) is 20.6. The molecule has 0 spiro atoms. The maximum absolute atomic E-state index is 12.8. The van der Waals surface area contributed by atoms with Crippen molar-refractivity contribution in [2.75, 3.05) is 18.4 Å². The van der Waals surface area contributed by atoms with Crippen molar-refractivity contribution in [1.29, 1.82) is 0 Å². The van der Waals surface area contributed by atoms with E-state index < -0.39 is 23.6 Å². The van der Waals surface area contributed by atoms with Crippen LogP contribution in [-0.4, -0.2) is 53.4 Å². The number of carbonyl (C=O) groups excluding carboxylic acids is 4. The van der Waals surface area contributed by atoms with Gasteiger partial charge in [-0.05, 0) is 39.3 Å². The maximum atomic E-state index is 12.8. The van der Waals surface area contributed by atoms with E-state index in [9.17, 15) is 19.2 Å². The topological polar surface area (TPSA) is 117 Å². The Labute approximate surface area is 169 Å². The molecule has 1 aromatic carbocycles. The number of piperidine rings is 1. The zero-order valence-corrected chi connectivity index (χ0v) is 16.8. The van der Waals surface area contributed by atoms with Crippen molar-refractivity contribution in [2.45, 2.75) is 51.8 Å². The molecule has 9 heteroatoms. The van der Waals surface area contributed by atoms with Gasteiger partial charge < -0.3 is 20.3 Å². The minimum atomic E-state index is -0.644. The van der Waals surface area contributed by atoms with Gasteiger partial charge in [-0.2, -0.15) is 0 Å². The highest BCUT2D eigenvalue weighted by atomic mass is 16.6. The molecule has 9 nitrogen and oxygen atoms in total. The number of hydrogen-bond acceptors (Lipinski definition) is 6. The number of anilines is 1. The van der Waals surface area contributed by atoms with E-state index in [0.717, 1.165) is 11.3 Å². The van der Waals surface area contributed by atoms with E-state index >= 15 is 0 Å². The summed E-state index contributed by atoms with van der Waals surface area (Å²) in [7, 11) is 0. The van der Waals surface area contributed by atoms with E-state index in [2.05, 4.69) is 16.0 Å². The number of amides is 4. The number of rotatable bonds is 5. The van der Waals surface area contributed by atoms with Crippen molar-refractivity contribution in [2.24, 2.45) is 0 Å². The van der Waals surface area contributed by atoms with Crippen molar-refractivity contribution in [3.8, 4) is 0 Å². The average Bonchev–Trinajstić information content (AvgIpc) is 2.95. The molecule has 2 aliphatic rings. The molecule has 156 valence electrons. The molecule has 0 radical (unpaired) electrons. The summed E-state index contributed by atoms with van der Waals surface area (Å²) in [6, 6.07) is 4.71. The molecule has 2 heterocycles. The van der Waals surface area contributed by atoms with E-state index in [1.54, 1.807) is 32.9 Å². The van der Waals surface area contributed by atoms with Gasteiger partial charge in [0.15, 0.2) is 0 Å². The normalized spacial score (nSPS) is 18.9. The van der Waals surface area contributed by atoms with E-state index in [0.29, 0.717) is 31.6 Å². The zero-order chi connectivity index (χ0) is 21.2. The molecule has 4 amide bonds. The predicted molar refractivity (Wildman–Crippen MR) is 105 cm³/mol. The fourth-order valence-electron chi connectivity index (χ4n) is 3.43. The van der Waals surface area contributed by atoms with Gasteiger partial charge in [-0.25, -0.2) is 4.79 Å². The second-order valence-electron chi connectivity index (χ2n) is 8.09. The highest BCUT2D eigenvalue weighted by Gasteiger charge is 2.39. The Hall–Kier alpha value is -3.10. The summed E-state index contributed by atoms with van der Waals surface area (Å²) in [4.78, 5) is 49.5. The fraction of sp³-hybridized carbons (Fsp3) is 0.500.